The number of amides is 1. The van der Waals surface area contributed by atoms with E-state index in [9.17, 15) is 23.3 Å². The Morgan fingerprint density at radius 3 is 2.46 bits per heavy atom. The first-order valence-electron chi connectivity index (χ1n) is 8.20. The van der Waals surface area contributed by atoms with Gasteiger partial charge in [-0.1, -0.05) is 25.4 Å². The Labute approximate surface area is 167 Å². The minimum Gasteiger partial charge on any atom is -0.492 e. The number of carbonyl (C=O) groups excluding carboxylic acids is 1. The van der Waals surface area contributed by atoms with Crippen LogP contribution in [0.4, 0.5) is 11.4 Å². The summed E-state index contributed by atoms with van der Waals surface area (Å²) in [5.74, 6) is 0.0666. The largest absolute Gasteiger partial charge is 0.492 e. The highest BCUT2D eigenvalue weighted by molar-refractivity contribution is 7.90. The Morgan fingerprint density at radius 1 is 1.25 bits per heavy atom. The van der Waals surface area contributed by atoms with E-state index in [1.165, 1.54) is 6.07 Å². The van der Waals surface area contributed by atoms with Crippen LogP contribution in [0.3, 0.4) is 0 Å². The van der Waals surface area contributed by atoms with Crippen molar-refractivity contribution in [2.24, 2.45) is 5.92 Å². The summed E-state index contributed by atoms with van der Waals surface area (Å²) < 4.78 is 29.0. The van der Waals surface area contributed by atoms with Gasteiger partial charge in [-0.15, -0.1) is 0 Å². The number of nitro groups is 1. The highest BCUT2D eigenvalue weighted by atomic mass is 35.5. The van der Waals surface area contributed by atoms with Crippen LogP contribution in [0.1, 0.15) is 24.2 Å². The van der Waals surface area contributed by atoms with Gasteiger partial charge in [0.2, 0.25) is 0 Å². The van der Waals surface area contributed by atoms with Crippen LogP contribution in [-0.4, -0.2) is 32.1 Å². The van der Waals surface area contributed by atoms with Crippen LogP contribution < -0.4 is 10.1 Å². The summed E-state index contributed by atoms with van der Waals surface area (Å²) in [6.07, 6.45) is 0.906. The number of nitrogens with zero attached hydrogens (tertiary/aromatic N) is 1. The standard InChI is InChI=1S/C18H19ClN2O6S/c1-11(2)10-27-17-5-4-13(8-16(17)19)20-18(22)12-6-14(21(23)24)9-15(7-12)28(3,25)26/h4-9,11H,10H2,1-3H3,(H,20,22). The first-order chi connectivity index (χ1) is 13.0. The zero-order chi connectivity index (χ0) is 21.1. The molecule has 0 heterocycles. The normalized spacial score (nSPS) is 11.3. The van der Waals surface area contributed by atoms with E-state index >= 15 is 0 Å². The molecule has 10 heteroatoms. The van der Waals surface area contributed by atoms with Gasteiger partial charge in [-0.3, -0.25) is 14.9 Å². The Kier molecular flexibility index (Phi) is 6.63. The second-order valence-electron chi connectivity index (χ2n) is 6.55. The van der Waals surface area contributed by atoms with Gasteiger partial charge in [-0.25, -0.2) is 8.42 Å². The molecule has 8 nitrogen and oxygen atoms in total. The van der Waals surface area contributed by atoms with Crippen LogP contribution in [0.25, 0.3) is 0 Å². The maximum absolute atomic E-state index is 12.5. The molecule has 0 spiro atoms. The van der Waals surface area contributed by atoms with Crippen molar-refractivity contribution in [2.45, 2.75) is 18.7 Å². The lowest BCUT2D eigenvalue weighted by Crippen LogP contribution is -2.13. The summed E-state index contributed by atoms with van der Waals surface area (Å²) in [4.78, 5) is 22.5. The molecule has 0 aliphatic carbocycles. The van der Waals surface area contributed by atoms with Gasteiger partial charge >= 0.3 is 0 Å². The predicted molar refractivity (Wildman–Crippen MR) is 106 cm³/mol. The molecule has 0 bridgehead atoms. The van der Waals surface area contributed by atoms with Crippen LogP contribution >= 0.6 is 11.6 Å². The molecule has 2 rings (SSSR count). The van der Waals surface area contributed by atoms with E-state index in [2.05, 4.69) is 5.32 Å². The highest BCUT2D eigenvalue weighted by Crippen LogP contribution is 2.29. The smallest absolute Gasteiger partial charge is 0.271 e. The Morgan fingerprint density at radius 2 is 1.93 bits per heavy atom. The molecule has 2 aromatic carbocycles. The molecule has 0 aliphatic heterocycles. The van der Waals surface area contributed by atoms with Crippen molar-refractivity contribution in [3.05, 3.63) is 57.1 Å². The maximum Gasteiger partial charge on any atom is 0.271 e. The summed E-state index contributed by atoms with van der Waals surface area (Å²) in [5, 5.41) is 13.9. The van der Waals surface area contributed by atoms with E-state index in [1.807, 2.05) is 13.8 Å². The number of carbonyl (C=O) groups is 1. The van der Waals surface area contributed by atoms with Gasteiger partial charge in [0, 0.05) is 29.6 Å². The Bertz CT molecular complexity index is 1020. The first-order valence-corrected chi connectivity index (χ1v) is 10.5. The highest BCUT2D eigenvalue weighted by Gasteiger charge is 2.19. The van der Waals surface area contributed by atoms with Crippen LogP contribution in [0.2, 0.25) is 5.02 Å². The molecule has 0 aromatic heterocycles. The third-order valence-electron chi connectivity index (χ3n) is 3.55. The molecular formula is C18H19ClN2O6S. The molecule has 0 fully saturated rings. The van der Waals surface area contributed by atoms with Gasteiger partial charge < -0.3 is 10.1 Å². The van der Waals surface area contributed by atoms with E-state index in [0.29, 0.717) is 24.0 Å². The fourth-order valence-electron chi connectivity index (χ4n) is 2.19. The number of hydrogen-bond acceptors (Lipinski definition) is 6. The monoisotopic (exact) mass is 426 g/mol. The van der Waals surface area contributed by atoms with E-state index in [4.69, 9.17) is 16.3 Å². The number of sulfone groups is 1. The van der Waals surface area contributed by atoms with Gasteiger partial charge in [0.25, 0.3) is 11.6 Å². The average molecular weight is 427 g/mol. The molecule has 2 aromatic rings. The second-order valence-corrected chi connectivity index (χ2v) is 8.97. The van der Waals surface area contributed by atoms with Gasteiger partial charge in [-0.05, 0) is 30.2 Å². The second kappa shape index (κ2) is 8.57. The third-order valence-corrected chi connectivity index (χ3v) is 4.94. The van der Waals surface area contributed by atoms with E-state index < -0.39 is 26.4 Å². The minimum atomic E-state index is -3.74. The number of ether oxygens (including phenoxy) is 1. The molecule has 150 valence electrons. The number of nitrogens with one attached hydrogen (secondary N) is 1. The lowest BCUT2D eigenvalue weighted by atomic mass is 10.2. The summed E-state index contributed by atoms with van der Waals surface area (Å²) in [6.45, 7) is 4.46. The lowest BCUT2D eigenvalue weighted by molar-refractivity contribution is -0.385. The van der Waals surface area contributed by atoms with Gasteiger partial charge in [0.15, 0.2) is 9.84 Å². The van der Waals surface area contributed by atoms with Crippen molar-refractivity contribution < 1.29 is 22.9 Å². The van der Waals surface area contributed by atoms with Crippen molar-refractivity contribution in [1.29, 1.82) is 0 Å². The summed E-state index contributed by atoms with van der Waals surface area (Å²) >= 11 is 6.15. The number of non-ortho nitro benzene ring substituents is 1. The van der Waals surface area contributed by atoms with Crippen LogP contribution in [0.5, 0.6) is 5.75 Å². The number of nitro benzene ring substituents is 1. The predicted octanol–water partition coefficient (Wildman–Crippen LogP) is 3.94. The molecule has 0 saturated carbocycles. The van der Waals surface area contributed by atoms with E-state index in [1.54, 1.807) is 12.1 Å². The SMILES string of the molecule is CC(C)COc1ccc(NC(=O)c2cc([N+](=O)[O-])cc(S(C)(=O)=O)c2)cc1Cl. The topological polar surface area (TPSA) is 116 Å². The number of benzene rings is 2. The average Bonchev–Trinajstić information content (AvgIpc) is 2.59. The van der Waals surface area contributed by atoms with Crippen molar-refractivity contribution in [1.82, 2.24) is 0 Å². The number of anilines is 1. The Hall–Kier alpha value is -2.65. The van der Waals surface area contributed by atoms with Crippen molar-refractivity contribution >= 4 is 38.7 Å². The van der Waals surface area contributed by atoms with Crippen LogP contribution in [-0.2, 0) is 9.84 Å². The molecule has 0 unspecified atom stereocenters. The fourth-order valence-corrected chi connectivity index (χ4v) is 3.10. The van der Waals surface area contributed by atoms with E-state index in [0.717, 1.165) is 24.5 Å². The third kappa shape index (κ3) is 5.67. The molecule has 0 radical (unpaired) electrons. The zero-order valence-electron chi connectivity index (χ0n) is 15.4. The zero-order valence-corrected chi connectivity index (χ0v) is 17.0. The molecular weight excluding hydrogens is 408 g/mol. The van der Waals surface area contributed by atoms with Crippen LogP contribution in [0, 0.1) is 16.0 Å². The molecule has 1 amide bonds. The molecule has 0 aliphatic rings. The van der Waals surface area contributed by atoms with Crippen molar-refractivity contribution in [2.75, 3.05) is 18.2 Å². The quantitative estimate of drug-likeness (QED) is 0.529. The molecule has 1 N–H and O–H groups in total. The summed E-state index contributed by atoms with van der Waals surface area (Å²) in [6, 6.07) is 7.63. The molecule has 0 atom stereocenters. The van der Waals surface area contributed by atoms with Crippen molar-refractivity contribution in [3.8, 4) is 5.75 Å². The van der Waals surface area contributed by atoms with Gasteiger partial charge in [0.1, 0.15) is 5.75 Å². The number of hydrogen-bond donors (Lipinski definition) is 1. The van der Waals surface area contributed by atoms with E-state index in [-0.39, 0.29) is 15.5 Å². The van der Waals surface area contributed by atoms with Gasteiger partial charge in [0.05, 0.1) is 21.4 Å². The summed E-state index contributed by atoms with van der Waals surface area (Å²) in [5.41, 5.74) is -0.325. The number of rotatable bonds is 7. The minimum absolute atomic E-state index is 0.161. The number of halogens is 1. The lowest BCUT2D eigenvalue weighted by Gasteiger charge is -2.12. The van der Waals surface area contributed by atoms with Gasteiger partial charge in [-0.2, -0.15) is 0 Å². The first kappa shape index (κ1) is 21.6. The fraction of sp³-hybridized carbons (Fsp3) is 0.278. The molecule has 28 heavy (non-hydrogen) atoms. The van der Waals surface area contributed by atoms with Crippen LogP contribution in [0.15, 0.2) is 41.3 Å². The molecule has 0 saturated heterocycles. The maximum atomic E-state index is 12.5. The Balaban J connectivity index is 2.28. The summed E-state index contributed by atoms with van der Waals surface area (Å²) in [7, 11) is -3.74. The van der Waals surface area contributed by atoms with Crippen molar-refractivity contribution in [3.63, 3.8) is 0 Å².